The quantitative estimate of drug-likeness (QED) is 0.849. The van der Waals surface area contributed by atoms with Gasteiger partial charge in [0.05, 0.1) is 47.5 Å². The summed E-state index contributed by atoms with van der Waals surface area (Å²) in [5.74, 6) is 0. The van der Waals surface area contributed by atoms with Crippen molar-refractivity contribution in [3.8, 4) is 0 Å². The highest BCUT2D eigenvalue weighted by molar-refractivity contribution is 5.71. The number of aldehydes is 1. The lowest BCUT2D eigenvalue weighted by molar-refractivity contribution is 0.111. The van der Waals surface area contributed by atoms with Gasteiger partial charge in [-0.1, -0.05) is 0 Å². The number of aromatic nitrogens is 4. The van der Waals surface area contributed by atoms with Gasteiger partial charge in [-0.05, 0) is 51.4 Å². The molecule has 0 radical (unpaired) electrons. The number of rotatable bonds is 2. The summed E-state index contributed by atoms with van der Waals surface area (Å²) in [6, 6.07) is 0. The van der Waals surface area contributed by atoms with Crippen LogP contribution in [0.5, 0.6) is 0 Å². The molecule has 0 bridgehead atoms. The minimum Gasteiger partial charge on any atom is -0.390 e. The molecule has 0 spiro atoms. The van der Waals surface area contributed by atoms with E-state index >= 15 is 0 Å². The summed E-state index contributed by atoms with van der Waals surface area (Å²) >= 11 is 0. The van der Waals surface area contributed by atoms with Gasteiger partial charge in [-0.3, -0.25) is 19.7 Å². The van der Waals surface area contributed by atoms with Crippen molar-refractivity contribution < 1.29 is 9.90 Å². The highest BCUT2D eigenvalue weighted by atomic mass is 16.3. The van der Waals surface area contributed by atoms with Crippen molar-refractivity contribution in [1.82, 2.24) is 19.9 Å². The van der Waals surface area contributed by atoms with Crippen molar-refractivity contribution in [3.05, 3.63) is 46.6 Å². The number of aryl methyl sites for hydroxylation is 4. The highest BCUT2D eigenvalue weighted by Gasteiger charge is 2.12. The molecule has 1 N–H and O–H groups in total. The minimum atomic E-state index is 0.000278. The molecular formula is C18H22N4O2. The largest absolute Gasteiger partial charge is 0.390 e. The van der Waals surface area contributed by atoms with E-state index in [2.05, 4.69) is 19.9 Å². The summed E-state index contributed by atoms with van der Waals surface area (Å²) in [6.07, 6.45) is 12.8. The summed E-state index contributed by atoms with van der Waals surface area (Å²) in [5.41, 5.74) is 5.45. The highest BCUT2D eigenvalue weighted by Crippen LogP contribution is 2.17. The summed E-state index contributed by atoms with van der Waals surface area (Å²) < 4.78 is 0. The Morgan fingerprint density at radius 1 is 0.833 bits per heavy atom. The first-order valence-corrected chi connectivity index (χ1v) is 8.54. The van der Waals surface area contributed by atoms with Gasteiger partial charge in [0.2, 0.25) is 0 Å². The molecule has 0 atom stereocenters. The zero-order chi connectivity index (χ0) is 16.8. The molecule has 6 heteroatoms. The van der Waals surface area contributed by atoms with E-state index < -0.39 is 0 Å². The van der Waals surface area contributed by atoms with Crippen LogP contribution in [-0.2, 0) is 32.3 Å². The van der Waals surface area contributed by atoms with E-state index in [1.165, 1.54) is 25.7 Å². The first-order chi connectivity index (χ1) is 11.8. The van der Waals surface area contributed by atoms with E-state index in [9.17, 15) is 4.79 Å². The van der Waals surface area contributed by atoms with Gasteiger partial charge in [0.25, 0.3) is 0 Å². The number of hydrogen-bond donors (Lipinski definition) is 1. The van der Waals surface area contributed by atoms with Crippen LogP contribution in [0.4, 0.5) is 0 Å². The van der Waals surface area contributed by atoms with Gasteiger partial charge in [-0.15, -0.1) is 0 Å². The van der Waals surface area contributed by atoms with Crippen molar-refractivity contribution in [2.75, 3.05) is 0 Å². The third kappa shape index (κ3) is 4.00. The van der Waals surface area contributed by atoms with Crippen LogP contribution in [0.3, 0.4) is 0 Å². The van der Waals surface area contributed by atoms with E-state index in [1.807, 2.05) is 0 Å². The maximum Gasteiger partial charge on any atom is 0.170 e. The summed E-state index contributed by atoms with van der Waals surface area (Å²) in [6.45, 7) is 0.000278. The second kappa shape index (κ2) is 8.06. The molecule has 0 unspecified atom stereocenters. The van der Waals surface area contributed by atoms with Crippen LogP contribution in [-0.4, -0.2) is 31.3 Å². The van der Waals surface area contributed by atoms with Crippen molar-refractivity contribution in [2.24, 2.45) is 0 Å². The molecule has 2 aliphatic carbocycles. The van der Waals surface area contributed by atoms with E-state index in [-0.39, 0.29) is 6.61 Å². The van der Waals surface area contributed by atoms with E-state index in [1.54, 1.807) is 12.4 Å². The minimum absolute atomic E-state index is 0.000278. The molecule has 0 saturated carbocycles. The lowest BCUT2D eigenvalue weighted by Gasteiger charge is -2.13. The third-order valence-corrected chi connectivity index (χ3v) is 4.37. The van der Waals surface area contributed by atoms with Crippen LogP contribution >= 0.6 is 0 Å². The zero-order valence-electron chi connectivity index (χ0n) is 13.7. The molecule has 0 amide bonds. The maximum absolute atomic E-state index is 10.4. The van der Waals surface area contributed by atoms with E-state index in [0.29, 0.717) is 11.4 Å². The first kappa shape index (κ1) is 16.6. The number of aliphatic hydroxyl groups excluding tert-OH is 1. The summed E-state index contributed by atoms with van der Waals surface area (Å²) in [5, 5.41) is 8.84. The van der Waals surface area contributed by atoms with Crippen LogP contribution in [0, 0.1) is 0 Å². The van der Waals surface area contributed by atoms with Gasteiger partial charge < -0.3 is 5.11 Å². The molecule has 0 saturated heterocycles. The van der Waals surface area contributed by atoms with E-state index in [0.717, 1.165) is 54.7 Å². The van der Waals surface area contributed by atoms with Crippen LogP contribution in [0.2, 0.25) is 0 Å². The molecule has 2 aliphatic rings. The number of carbonyl (C=O) groups excluding carboxylic acids is 1. The molecule has 24 heavy (non-hydrogen) atoms. The Kier molecular flexibility index (Phi) is 5.59. The normalized spacial score (nSPS) is 15.5. The lowest BCUT2D eigenvalue weighted by Crippen LogP contribution is -2.09. The fourth-order valence-electron chi connectivity index (χ4n) is 3.08. The van der Waals surface area contributed by atoms with Gasteiger partial charge in [0.15, 0.2) is 6.29 Å². The van der Waals surface area contributed by atoms with Crippen molar-refractivity contribution in [1.29, 1.82) is 0 Å². The van der Waals surface area contributed by atoms with E-state index in [4.69, 9.17) is 5.11 Å². The Morgan fingerprint density at radius 2 is 1.38 bits per heavy atom. The second-order valence-corrected chi connectivity index (χ2v) is 6.13. The monoisotopic (exact) mass is 326 g/mol. The van der Waals surface area contributed by atoms with Gasteiger partial charge in [0, 0.05) is 0 Å². The SMILES string of the molecule is O=Cc1cnc2c(n1)CCCC2.OCc1cnc2c(n1)CCCC2. The van der Waals surface area contributed by atoms with Gasteiger partial charge >= 0.3 is 0 Å². The van der Waals surface area contributed by atoms with Crippen LogP contribution in [0.15, 0.2) is 12.4 Å². The summed E-state index contributed by atoms with van der Waals surface area (Å²) in [7, 11) is 0. The molecule has 0 fully saturated rings. The van der Waals surface area contributed by atoms with Crippen LogP contribution in [0.1, 0.15) is 64.6 Å². The smallest absolute Gasteiger partial charge is 0.170 e. The molecule has 0 aliphatic heterocycles. The number of fused-ring (bicyclic) bond motifs is 2. The van der Waals surface area contributed by atoms with Crippen LogP contribution < -0.4 is 0 Å². The first-order valence-electron chi connectivity index (χ1n) is 8.54. The molecular weight excluding hydrogens is 304 g/mol. The van der Waals surface area contributed by atoms with Crippen molar-refractivity contribution >= 4 is 6.29 Å². The van der Waals surface area contributed by atoms with Gasteiger partial charge in [-0.2, -0.15) is 0 Å². The van der Waals surface area contributed by atoms with Gasteiger partial charge in [-0.25, -0.2) is 4.98 Å². The molecule has 2 aromatic rings. The maximum atomic E-state index is 10.4. The average molecular weight is 326 g/mol. The average Bonchev–Trinajstić information content (AvgIpc) is 2.67. The Hall–Kier alpha value is -2.21. The standard InChI is InChI=1S/C9H12N2O.C9H10N2O/c2*12-6-7-5-10-8-3-1-2-4-9(8)11-7/h5,12H,1-4,6H2;5-6H,1-4H2. The number of carbonyl (C=O) groups is 1. The molecule has 126 valence electrons. The zero-order valence-corrected chi connectivity index (χ0v) is 13.7. The molecule has 2 heterocycles. The fraction of sp³-hybridized carbons (Fsp3) is 0.500. The predicted octanol–water partition coefficient (Wildman–Crippen LogP) is 2.02. The molecule has 2 aromatic heterocycles. The Bertz CT molecular complexity index is 718. The van der Waals surface area contributed by atoms with Crippen molar-refractivity contribution in [3.63, 3.8) is 0 Å². The predicted molar refractivity (Wildman–Crippen MR) is 88.7 cm³/mol. The molecule has 0 aromatic carbocycles. The number of nitrogens with zero attached hydrogens (tertiary/aromatic N) is 4. The Labute approximate surface area is 141 Å². The second-order valence-electron chi connectivity index (χ2n) is 6.13. The fourth-order valence-corrected chi connectivity index (χ4v) is 3.08. The van der Waals surface area contributed by atoms with Crippen LogP contribution in [0.25, 0.3) is 0 Å². The molecule has 6 nitrogen and oxygen atoms in total. The number of hydrogen-bond acceptors (Lipinski definition) is 6. The Morgan fingerprint density at radius 3 is 1.96 bits per heavy atom. The lowest BCUT2D eigenvalue weighted by atomic mass is 10.0. The topological polar surface area (TPSA) is 88.9 Å². The van der Waals surface area contributed by atoms with Gasteiger partial charge in [0.1, 0.15) is 5.69 Å². The Balaban J connectivity index is 0.000000141. The number of aliphatic hydroxyl groups is 1. The molecule has 4 rings (SSSR count). The third-order valence-electron chi connectivity index (χ3n) is 4.37. The summed E-state index contributed by atoms with van der Waals surface area (Å²) in [4.78, 5) is 27.4. The van der Waals surface area contributed by atoms with Crippen molar-refractivity contribution in [2.45, 2.75) is 58.0 Å².